The number of fused-ring (bicyclic) bond motifs is 1. The number of aromatic nitrogens is 4. The summed E-state index contributed by atoms with van der Waals surface area (Å²) < 4.78 is 1.22. The second-order valence-electron chi connectivity index (χ2n) is 4.69. The van der Waals surface area contributed by atoms with E-state index in [1.54, 1.807) is 31.3 Å². The maximum Gasteiger partial charge on any atom is 0.338 e. The zero-order valence-corrected chi connectivity index (χ0v) is 15.0. The fourth-order valence-corrected chi connectivity index (χ4v) is 1.73. The van der Waals surface area contributed by atoms with Crippen LogP contribution in [0.5, 0.6) is 0 Å². The molecule has 3 rings (SSSR count). The van der Waals surface area contributed by atoms with E-state index in [4.69, 9.17) is 5.11 Å². The van der Waals surface area contributed by atoms with Crippen molar-refractivity contribution >= 4 is 22.8 Å². The minimum atomic E-state index is -1.09. The molecule has 26 heavy (non-hydrogen) atoms. The number of carboxylic acids is 1. The molecule has 0 aliphatic carbocycles. The molecule has 138 valence electrons. The largest absolute Gasteiger partial charge is 0.478 e. The lowest BCUT2D eigenvalue weighted by Gasteiger charge is -2.01. The molecule has 0 saturated heterocycles. The highest BCUT2D eigenvalue weighted by Gasteiger charge is 2.10. The molecule has 1 amide bonds. The smallest absolute Gasteiger partial charge is 0.338 e. The van der Waals surface area contributed by atoms with Gasteiger partial charge >= 0.3 is 5.97 Å². The number of amides is 1. The Bertz CT molecular complexity index is 945. The van der Waals surface area contributed by atoms with Gasteiger partial charge < -0.3 is 10.4 Å². The van der Waals surface area contributed by atoms with Gasteiger partial charge in [0.05, 0.1) is 22.7 Å². The van der Waals surface area contributed by atoms with Crippen molar-refractivity contribution in [3.63, 3.8) is 0 Å². The fraction of sp³-hybridized carbons (Fsp3) is 0.235. The number of aromatic carboxylic acids is 1. The highest BCUT2D eigenvalue weighted by Crippen LogP contribution is 2.08. The van der Waals surface area contributed by atoms with Gasteiger partial charge in [0.25, 0.3) is 5.56 Å². The van der Waals surface area contributed by atoms with Crippen LogP contribution in [0.15, 0.2) is 41.5 Å². The average molecular weight is 359 g/mol. The molecule has 3 aromatic rings. The van der Waals surface area contributed by atoms with Crippen LogP contribution in [0.25, 0.3) is 16.9 Å². The van der Waals surface area contributed by atoms with Gasteiger partial charge in [-0.25, -0.2) is 14.5 Å². The first-order chi connectivity index (χ1) is 12.4. The van der Waals surface area contributed by atoms with Crippen molar-refractivity contribution in [2.45, 2.75) is 20.8 Å². The van der Waals surface area contributed by atoms with E-state index in [1.165, 1.54) is 24.0 Å². The number of nitrogens with one attached hydrogen (secondary N) is 2. The average Bonchev–Trinajstić information content (AvgIpc) is 3.14. The van der Waals surface area contributed by atoms with E-state index in [2.05, 4.69) is 20.4 Å². The number of aromatic amines is 1. The molecule has 0 bridgehead atoms. The number of rotatable bonds is 2. The topological polar surface area (TPSA) is 130 Å². The molecule has 9 nitrogen and oxygen atoms in total. The molecule has 2 heterocycles. The van der Waals surface area contributed by atoms with E-state index >= 15 is 0 Å². The third kappa shape index (κ3) is 5.26. The molecule has 9 heteroatoms. The summed E-state index contributed by atoms with van der Waals surface area (Å²) in [5.74, 6) is -0.907. The van der Waals surface area contributed by atoms with Crippen LogP contribution in [0.2, 0.25) is 0 Å². The summed E-state index contributed by atoms with van der Waals surface area (Å²) in [4.78, 5) is 39.1. The molecule has 0 aliphatic heterocycles. The van der Waals surface area contributed by atoms with Gasteiger partial charge in [-0.3, -0.25) is 14.6 Å². The van der Waals surface area contributed by atoms with E-state index in [1.807, 2.05) is 13.8 Å². The van der Waals surface area contributed by atoms with Gasteiger partial charge in [-0.2, -0.15) is 5.10 Å². The van der Waals surface area contributed by atoms with Gasteiger partial charge in [0.2, 0.25) is 11.9 Å². The molecule has 0 fully saturated rings. The molecule has 0 radical (unpaired) electrons. The Morgan fingerprint density at radius 3 is 2.38 bits per heavy atom. The maximum absolute atomic E-state index is 11.9. The minimum Gasteiger partial charge on any atom is -0.478 e. The lowest BCUT2D eigenvalue weighted by atomic mass is 10.2. The van der Waals surface area contributed by atoms with Gasteiger partial charge in [-0.1, -0.05) is 26.0 Å². The third-order valence-corrected chi connectivity index (χ3v) is 3.00. The molecular weight excluding hydrogens is 338 g/mol. The fourth-order valence-electron chi connectivity index (χ4n) is 1.73. The van der Waals surface area contributed by atoms with E-state index in [9.17, 15) is 14.4 Å². The molecule has 0 saturated carbocycles. The molecular formula is C17H21N5O4. The summed E-state index contributed by atoms with van der Waals surface area (Å²) in [7, 11) is 1.60. The van der Waals surface area contributed by atoms with Crippen molar-refractivity contribution in [1.82, 2.24) is 25.1 Å². The van der Waals surface area contributed by atoms with E-state index in [0.29, 0.717) is 10.9 Å². The van der Waals surface area contributed by atoms with Crippen LogP contribution in [-0.2, 0) is 4.79 Å². The summed E-state index contributed by atoms with van der Waals surface area (Å²) in [6.07, 6.45) is 2.48. The second-order valence-corrected chi connectivity index (χ2v) is 4.69. The summed E-state index contributed by atoms with van der Waals surface area (Å²) >= 11 is 0. The summed E-state index contributed by atoms with van der Waals surface area (Å²) in [5.41, 5.74) is 0.248. The van der Waals surface area contributed by atoms with E-state index in [-0.39, 0.29) is 23.0 Å². The lowest BCUT2D eigenvalue weighted by molar-refractivity contribution is -0.118. The number of hydrogen-bond donors (Lipinski definition) is 3. The molecule has 0 atom stereocenters. The Labute approximate surface area is 149 Å². The monoisotopic (exact) mass is 359 g/mol. The standard InChI is InChI=1S/C12H8N4O3.C3H7NO.C2H6/c17-10-8-3-1-2-4-9(8)14-12(15-10)16-6-7(5-13-16)11(18)19;1-3(5)4-2;1-2/h1-6H,(H,18,19)(H,14,15,17);1-2H3,(H,4,5);1-2H3. The van der Waals surface area contributed by atoms with Gasteiger partial charge in [-0.15, -0.1) is 0 Å². The summed E-state index contributed by atoms with van der Waals surface area (Å²) in [6.45, 7) is 5.47. The van der Waals surface area contributed by atoms with Crippen molar-refractivity contribution in [3.8, 4) is 5.95 Å². The number of nitrogens with zero attached hydrogens (tertiary/aromatic N) is 3. The Hall–Kier alpha value is -3.49. The number of carbonyl (C=O) groups excluding carboxylic acids is 1. The lowest BCUT2D eigenvalue weighted by Crippen LogP contribution is -2.13. The predicted molar refractivity (Wildman–Crippen MR) is 97.5 cm³/mol. The molecule has 0 spiro atoms. The number of carboxylic acid groups (broad SMARTS) is 1. The van der Waals surface area contributed by atoms with Crippen molar-refractivity contribution in [1.29, 1.82) is 0 Å². The summed E-state index contributed by atoms with van der Waals surface area (Å²) in [6, 6.07) is 6.88. The van der Waals surface area contributed by atoms with Crippen LogP contribution in [0, 0.1) is 0 Å². The molecule has 0 aliphatic rings. The first-order valence-electron chi connectivity index (χ1n) is 7.88. The third-order valence-electron chi connectivity index (χ3n) is 3.00. The van der Waals surface area contributed by atoms with Crippen LogP contribution in [0.3, 0.4) is 0 Å². The Morgan fingerprint density at radius 2 is 1.85 bits per heavy atom. The minimum absolute atomic E-state index is 0.00463. The molecule has 0 unspecified atom stereocenters. The molecule has 1 aromatic carbocycles. The van der Waals surface area contributed by atoms with Crippen LogP contribution in [0.4, 0.5) is 0 Å². The number of carbonyl (C=O) groups is 2. The van der Waals surface area contributed by atoms with Gasteiger partial charge in [0, 0.05) is 20.2 Å². The van der Waals surface area contributed by atoms with Crippen molar-refractivity contribution in [3.05, 3.63) is 52.6 Å². The quantitative estimate of drug-likeness (QED) is 0.637. The van der Waals surface area contributed by atoms with E-state index in [0.717, 1.165) is 0 Å². The van der Waals surface area contributed by atoms with Crippen molar-refractivity contribution in [2.24, 2.45) is 0 Å². The molecule has 2 aromatic heterocycles. The van der Waals surface area contributed by atoms with Crippen molar-refractivity contribution in [2.75, 3.05) is 7.05 Å². The van der Waals surface area contributed by atoms with Crippen LogP contribution in [0.1, 0.15) is 31.1 Å². The Kier molecular flexibility index (Phi) is 7.68. The number of hydrogen-bond acceptors (Lipinski definition) is 5. The molecule has 3 N–H and O–H groups in total. The van der Waals surface area contributed by atoms with Crippen LogP contribution < -0.4 is 10.9 Å². The SMILES string of the molecule is CC.CNC(C)=O.O=C(O)c1cnn(-c2nc3ccccc3c(=O)[nH]2)c1. The van der Waals surface area contributed by atoms with Crippen LogP contribution >= 0.6 is 0 Å². The zero-order chi connectivity index (χ0) is 19.7. The maximum atomic E-state index is 11.9. The van der Waals surface area contributed by atoms with Gasteiger partial charge in [0.15, 0.2) is 0 Å². The highest BCUT2D eigenvalue weighted by atomic mass is 16.4. The first kappa shape index (κ1) is 20.6. The number of para-hydroxylation sites is 1. The zero-order valence-electron chi connectivity index (χ0n) is 15.0. The predicted octanol–water partition coefficient (Wildman–Crippen LogP) is 1.59. The van der Waals surface area contributed by atoms with E-state index < -0.39 is 5.97 Å². The number of H-pyrrole nitrogens is 1. The van der Waals surface area contributed by atoms with Gasteiger partial charge in [-0.05, 0) is 12.1 Å². The Morgan fingerprint density at radius 1 is 1.23 bits per heavy atom. The van der Waals surface area contributed by atoms with Gasteiger partial charge in [0.1, 0.15) is 0 Å². The highest BCUT2D eigenvalue weighted by molar-refractivity contribution is 5.87. The van der Waals surface area contributed by atoms with Crippen molar-refractivity contribution < 1.29 is 14.7 Å². The van der Waals surface area contributed by atoms with Crippen LogP contribution in [-0.4, -0.2) is 43.8 Å². The first-order valence-corrected chi connectivity index (χ1v) is 7.88. The second kappa shape index (κ2) is 9.72. The summed E-state index contributed by atoms with van der Waals surface area (Å²) in [5, 5.41) is 15.5. The Balaban J connectivity index is 0.000000420. The normalized spacial score (nSPS) is 9.38. The number of benzene rings is 1.